The number of carbonyl (C=O) groups is 2. The fourth-order valence-corrected chi connectivity index (χ4v) is 2.20. The zero-order chi connectivity index (χ0) is 14.6. The lowest BCUT2D eigenvalue weighted by atomic mass is 10.1. The standard InChI is InChI=1S/C12H17N3O3S/c1-6(2)5-9-14-15-12(19-9)13-10(16)7(3)8(4)11(17)18/h6H,5H2,1-4H3,(H,17,18)(H,13,15,16). The summed E-state index contributed by atoms with van der Waals surface area (Å²) in [6.07, 6.45) is 0.802. The van der Waals surface area contributed by atoms with Crippen molar-refractivity contribution in [1.82, 2.24) is 10.2 Å². The third kappa shape index (κ3) is 4.44. The number of amides is 1. The molecule has 1 rings (SSSR count). The van der Waals surface area contributed by atoms with Crippen molar-refractivity contribution in [3.8, 4) is 0 Å². The summed E-state index contributed by atoms with van der Waals surface area (Å²) in [7, 11) is 0. The van der Waals surface area contributed by atoms with Crippen LogP contribution in [0, 0.1) is 5.92 Å². The molecular formula is C12H17N3O3S. The molecule has 0 fully saturated rings. The summed E-state index contributed by atoms with van der Waals surface area (Å²) in [5.74, 6) is -1.11. The van der Waals surface area contributed by atoms with Crippen LogP contribution in [0.3, 0.4) is 0 Å². The highest BCUT2D eigenvalue weighted by Crippen LogP contribution is 2.19. The summed E-state index contributed by atoms with van der Waals surface area (Å²) >= 11 is 1.30. The summed E-state index contributed by atoms with van der Waals surface area (Å²) in [6, 6.07) is 0. The van der Waals surface area contributed by atoms with Crippen LogP contribution in [0.1, 0.15) is 32.7 Å². The highest BCUT2D eigenvalue weighted by atomic mass is 32.1. The number of carboxylic acids is 1. The molecule has 104 valence electrons. The van der Waals surface area contributed by atoms with Gasteiger partial charge in [-0.05, 0) is 19.8 Å². The van der Waals surface area contributed by atoms with Crippen molar-refractivity contribution in [2.24, 2.45) is 5.92 Å². The molecule has 0 spiro atoms. The molecule has 0 aliphatic heterocycles. The number of hydrogen-bond acceptors (Lipinski definition) is 5. The predicted molar refractivity (Wildman–Crippen MR) is 73.1 cm³/mol. The van der Waals surface area contributed by atoms with Crippen molar-refractivity contribution in [2.75, 3.05) is 5.32 Å². The summed E-state index contributed by atoms with van der Waals surface area (Å²) in [5, 5.41) is 20.4. The van der Waals surface area contributed by atoms with Gasteiger partial charge in [0.1, 0.15) is 5.01 Å². The quantitative estimate of drug-likeness (QED) is 0.807. The Morgan fingerprint density at radius 2 is 1.89 bits per heavy atom. The Morgan fingerprint density at radius 1 is 1.26 bits per heavy atom. The van der Waals surface area contributed by atoms with Crippen LogP contribution in [-0.4, -0.2) is 27.2 Å². The van der Waals surface area contributed by atoms with E-state index in [-0.39, 0.29) is 11.1 Å². The van der Waals surface area contributed by atoms with Gasteiger partial charge in [0.05, 0.1) is 0 Å². The first-order chi connectivity index (χ1) is 8.81. The van der Waals surface area contributed by atoms with E-state index in [9.17, 15) is 9.59 Å². The van der Waals surface area contributed by atoms with E-state index in [1.165, 1.54) is 25.2 Å². The Labute approximate surface area is 115 Å². The van der Waals surface area contributed by atoms with Crippen LogP contribution in [0.2, 0.25) is 0 Å². The van der Waals surface area contributed by atoms with Crippen LogP contribution in [0.5, 0.6) is 0 Å². The third-order valence-electron chi connectivity index (χ3n) is 2.49. The van der Waals surface area contributed by atoms with Gasteiger partial charge in [-0.15, -0.1) is 10.2 Å². The number of anilines is 1. The summed E-state index contributed by atoms with van der Waals surface area (Å²) in [6.45, 7) is 7.00. The minimum atomic E-state index is -1.11. The van der Waals surface area contributed by atoms with Crippen molar-refractivity contribution < 1.29 is 14.7 Å². The van der Waals surface area contributed by atoms with Gasteiger partial charge in [0.15, 0.2) is 0 Å². The maximum absolute atomic E-state index is 11.8. The van der Waals surface area contributed by atoms with Gasteiger partial charge in [-0.3, -0.25) is 10.1 Å². The molecule has 1 heterocycles. The van der Waals surface area contributed by atoms with Crippen molar-refractivity contribution in [1.29, 1.82) is 0 Å². The number of aromatic nitrogens is 2. The lowest BCUT2D eigenvalue weighted by Gasteiger charge is -2.03. The molecular weight excluding hydrogens is 266 g/mol. The largest absolute Gasteiger partial charge is 0.478 e. The van der Waals surface area contributed by atoms with Crippen molar-refractivity contribution in [3.63, 3.8) is 0 Å². The second kappa shape index (κ2) is 6.42. The second-order valence-corrected chi connectivity index (χ2v) is 5.67. The van der Waals surface area contributed by atoms with E-state index in [4.69, 9.17) is 5.11 Å². The Morgan fingerprint density at radius 3 is 2.42 bits per heavy atom. The van der Waals surface area contributed by atoms with Gasteiger partial charge >= 0.3 is 5.97 Å². The number of hydrogen-bond donors (Lipinski definition) is 2. The molecule has 0 aliphatic rings. The zero-order valence-electron chi connectivity index (χ0n) is 11.4. The minimum absolute atomic E-state index is 0.0180. The molecule has 0 atom stereocenters. The lowest BCUT2D eigenvalue weighted by Crippen LogP contribution is -2.16. The predicted octanol–water partition coefficient (Wildman–Crippen LogP) is 2.10. The molecule has 0 bridgehead atoms. The van der Waals surface area contributed by atoms with Crippen molar-refractivity contribution >= 4 is 28.3 Å². The van der Waals surface area contributed by atoms with Gasteiger partial charge in [-0.1, -0.05) is 25.2 Å². The lowest BCUT2D eigenvalue weighted by molar-refractivity contribution is -0.133. The van der Waals surface area contributed by atoms with E-state index in [0.29, 0.717) is 11.0 Å². The Kier molecular flexibility index (Phi) is 5.17. The van der Waals surface area contributed by atoms with Gasteiger partial charge in [-0.2, -0.15) is 0 Å². The van der Waals surface area contributed by atoms with E-state index in [1.807, 2.05) is 0 Å². The molecule has 0 radical (unpaired) electrons. The number of carboxylic acid groups (broad SMARTS) is 1. The summed E-state index contributed by atoms with van der Waals surface area (Å²) in [5.41, 5.74) is 0.178. The van der Waals surface area contributed by atoms with Gasteiger partial charge < -0.3 is 5.11 Å². The highest BCUT2D eigenvalue weighted by molar-refractivity contribution is 7.15. The average Bonchev–Trinajstić information content (AvgIpc) is 2.73. The fourth-order valence-electron chi connectivity index (χ4n) is 1.26. The van der Waals surface area contributed by atoms with Crippen LogP contribution in [-0.2, 0) is 16.0 Å². The van der Waals surface area contributed by atoms with E-state index < -0.39 is 11.9 Å². The maximum atomic E-state index is 11.8. The number of rotatable bonds is 5. The molecule has 0 saturated carbocycles. The number of carbonyl (C=O) groups excluding carboxylic acids is 1. The first-order valence-corrected chi connectivity index (χ1v) is 6.67. The monoisotopic (exact) mass is 283 g/mol. The molecule has 0 unspecified atom stereocenters. The van der Waals surface area contributed by atoms with Gasteiger partial charge in [-0.25, -0.2) is 4.79 Å². The van der Waals surface area contributed by atoms with Crippen molar-refractivity contribution in [3.05, 3.63) is 16.2 Å². The molecule has 0 aromatic carbocycles. The second-order valence-electron chi connectivity index (χ2n) is 4.61. The third-order valence-corrected chi connectivity index (χ3v) is 3.36. The Balaban J connectivity index is 2.75. The minimum Gasteiger partial charge on any atom is -0.478 e. The van der Waals surface area contributed by atoms with Crippen LogP contribution >= 0.6 is 11.3 Å². The molecule has 1 aromatic heterocycles. The molecule has 6 nitrogen and oxygen atoms in total. The molecule has 0 aliphatic carbocycles. The molecule has 1 amide bonds. The summed E-state index contributed by atoms with van der Waals surface area (Å²) < 4.78 is 0. The van der Waals surface area contributed by atoms with Crippen LogP contribution < -0.4 is 5.32 Å². The molecule has 19 heavy (non-hydrogen) atoms. The topological polar surface area (TPSA) is 92.2 Å². The zero-order valence-corrected chi connectivity index (χ0v) is 12.2. The number of aliphatic carboxylic acids is 1. The number of nitrogens with one attached hydrogen (secondary N) is 1. The van der Waals surface area contributed by atoms with Gasteiger partial charge in [0, 0.05) is 17.6 Å². The maximum Gasteiger partial charge on any atom is 0.331 e. The van der Waals surface area contributed by atoms with E-state index >= 15 is 0 Å². The number of nitrogens with zero attached hydrogens (tertiary/aromatic N) is 2. The van der Waals surface area contributed by atoms with E-state index in [2.05, 4.69) is 29.4 Å². The van der Waals surface area contributed by atoms with Crippen molar-refractivity contribution in [2.45, 2.75) is 34.1 Å². The van der Waals surface area contributed by atoms with Crippen LogP contribution in [0.4, 0.5) is 5.13 Å². The van der Waals surface area contributed by atoms with Crippen LogP contribution in [0.25, 0.3) is 0 Å². The Bertz CT molecular complexity index is 520. The van der Waals surface area contributed by atoms with E-state index in [1.54, 1.807) is 0 Å². The summed E-state index contributed by atoms with van der Waals surface area (Å²) in [4.78, 5) is 22.6. The normalized spacial score (nSPS) is 12.3. The first-order valence-electron chi connectivity index (χ1n) is 5.85. The average molecular weight is 283 g/mol. The van der Waals surface area contributed by atoms with E-state index in [0.717, 1.165) is 11.4 Å². The molecule has 1 aromatic rings. The van der Waals surface area contributed by atoms with Crippen LogP contribution in [0.15, 0.2) is 11.1 Å². The highest BCUT2D eigenvalue weighted by Gasteiger charge is 2.15. The Hall–Kier alpha value is -1.76. The molecule has 0 saturated heterocycles. The smallest absolute Gasteiger partial charge is 0.331 e. The SMILES string of the molecule is CC(C(=O)O)=C(C)C(=O)Nc1nnc(CC(C)C)s1. The fraction of sp³-hybridized carbons (Fsp3) is 0.500. The molecule has 2 N–H and O–H groups in total. The first kappa shape index (κ1) is 15.3. The molecule has 7 heteroatoms. The van der Waals surface area contributed by atoms with Gasteiger partial charge in [0.2, 0.25) is 5.13 Å². The van der Waals surface area contributed by atoms with Gasteiger partial charge in [0.25, 0.3) is 5.91 Å².